The van der Waals surface area contributed by atoms with E-state index < -0.39 is 0 Å². The van der Waals surface area contributed by atoms with Gasteiger partial charge in [-0.05, 0) is 67.6 Å². The number of thiophene rings is 1. The Balaban J connectivity index is 1.54. The molecule has 2 aliphatic heterocycles. The monoisotopic (exact) mass is 305 g/mol. The molecule has 4 nitrogen and oxygen atoms in total. The zero-order valence-corrected chi connectivity index (χ0v) is 13.4. The van der Waals surface area contributed by atoms with Crippen molar-refractivity contribution < 1.29 is 4.79 Å². The van der Waals surface area contributed by atoms with Gasteiger partial charge in [0, 0.05) is 13.1 Å². The number of likely N-dealkylation sites (tertiary alicyclic amines) is 1. The smallest absolute Gasteiger partial charge is 0.244 e. The Hall–Kier alpha value is -0.910. The van der Waals surface area contributed by atoms with E-state index >= 15 is 0 Å². The minimum atomic E-state index is -0.215. The summed E-state index contributed by atoms with van der Waals surface area (Å²) in [7, 11) is 2.19. The Morgan fingerprint density at radius 2 is 2.33 bits per heavy atom. The summed E-state index contributed by atoms with van der Waals surface area (Å²) in [6, 6.07) is 2.15. The first-order chi connectivity index (χ1) is 10.2. The van der Waals surface area contributed by atoms with Crippen LogP contribution in [0.25, 0.3) is 0 Å². The number of nitrogens with one attached hydrogen (secondary N) is 1. The first-order valence-electron chi connectivity index (χ1n) is 7.97. The van der Waals surface area contributed by atoms with E-state index in [1.165, 1.54) is 24.9 Å². The molecule has 5 heteroatoms. The van der Waals surface area contributed by atoms with E-state index in [1.54, 1.807) is 11.3 Å². The van der Waals surface area contributed by atoms with E-state index in [0.717, 1.165) is 25.9 Å². The number of hydrogen-bond acceptors (Lipinski definition) is 4. The largest absolute Gasteiger partial charge is 0.321 e. The fourth-order valence-electron chi connectivity index (χ4n) is 3.86. The second-order valence-corrected chi connectivity index (χ2v) is 7.69. The normalized spacial score (nSPS) is 32.0. The van der Waals surface area contributed by atoms with Crippen LogP contribution in [0.15, 0.2) is 16.8 Å². The first-order valence-corrected chi connectivity index (χ1v) is 8.92. The number of carbonyl (C=O) groups excluding carboxylic acids is 1. The van der Waals surface area contributed by atoms with Gasteiger partial charge in [-0.15, -0.1) is 0 Å². The molecule has 1 aliphatic carbocycles. The molecule has 0 bridgehead atoms. The maximum atomic E-state index is 12.8. The highest BCUT2D eigenvalue weighted by molar-refractivity contribution is 7.07. The highest BCUT2D eigenvalue weighted by Crippen LogP contribution is 2.46. The molecular weight excluding hydrogens is 282 g/mol. The van der Waals surface area contributed by atoms with Crippen LogP contribution in [-0.4, -0.2) is 47.9 Å². The second-order valence-electron chi connectivity index (χ2n) is 6.91. The van der Waals surface area contributed by atoms with E-state index in [2.05, 4.69) is 39.0 Å². The summed E-state index contributed by atoms with van der Waals surface area (Å²) >= 11 is 1.71. The summed E-state index contributed by atoms with van der Waals surface area (Å²) in [5.41, 5.74) is 1.04. The third kappa shape index (κ3) is 2.41. The van der Waals surface area contributed by atoms with Crippen LogP contribution >= 0.6 is 11.3 Å². The van der Waals surface area contributed by atoms with Gasteiger partial charge in [-0.3, -0.25) is 10.1 Å². The number of nitrogens with zero attached hydrogens (tertiary/aromatic N) is 2. The fourth-order valence-corrected chi connectivity index (χ4v) is 4.54. The quantitative estimate of drug-likeness (QED) is 0.928. The summed E-state index contributed by atoms with van der Waals surface area (Å²) < 4.78 is 0. The number of piperidine rings is 1. The molecule has 1 aromatic heterocycles. The van der Waals surface area contributed by atoms with Crippen molar-refractivity contribution in [2.45, 2.75) is 37.4 Å². The minimum absolute atomic E-state index is 0.0958. The third-order valence-electron chi connectivity index (χ3n) is 5.18. The Bertz CT molecular complexity index is 526. The van der Waals surface area contributed by atoms with Gasteiger partial charge in [-0.2, -0.15) is 11.3 Å². The molecule has 1 aromatic rings. The van der Waals surface area contributed by atoms with Crippen molar-refractivity contribution in [3.05, 3.63) is 22.4 Å². The van der Waals surface area contributed by atoms with E-state index in [0.29, 0.717) is 11.8 Å². The molecule has 1 spiro atoms. The Labute approximate surface area is 130 Å². The van der Waals surface area contributed by atoms with Crippen LogP contribution in [0.3, 0.4) is 0 Å². The lowest BCUT2D eigenvalue weighted by Crippen LogP contribution is -2.41. The average molecular weight is 305 g/mol. The molecule has 2 atom stereocenters. The zero-order valence-electron chi connectivity index (χ0n) is 12.5. The highest BCUT2D eigenvalue weighted by Gasteiger charge is 2.59. The van der Waals surface area contributed by atoms with Gasteiger partial charge in [0.05, 0.1) is 0 Å². The fraction of sp³-hybridized carbons (Fsp3) is 0.688. The molecule has 4 rings (SSSR count). The Morgan fingerprint density at radius 1 is 1.48 bits per heavy atom. The van der Waals surface area contributed by atoms with Crippen molar-refractivity contribution in [2.24, 2.45) is 5.92 Å². The van der Waals surface area contributed by atoms with Gasteiger partial charge < -0.3 is 9.80 Å². The molecule has 2 saturated heterocycles. The third-order valence-corrected chi connectivity index (χ3v) is 5.88. The Kier molecular flexibility index (Phi) is 3.32. The molecule has 3 fully saturated rings. The van der Waals surface area contributed by atoms with E-state index in [9.17, 15) is 4.79 Å². The molecule has 3 aliphatic rings. The molecule has 1 saturated carbocycles. The lowest BCUT2D eigenvalue weighted by molar-refractivity contribution is -0.131. The Morgan fingerprint density at radius 3 is 3.00 bits per heavy atom. The predicted octanol–water partition coefficient (Wildman–Crippen LogP) is 2.05. The second kappa shape index (κ2) is 5.07. The number of carbonyl (C=O) groups is 1. The van der Waals surface area contributed by atoms with Gasteiger partial charge in [0.1, 0.15) is 11.7 Å². The molecule has 21 heavy (non-hydrogen) atoms. The van der Waals surface area contributed by atoms with Crippen LogP contribution in [0, 0.1) is 5.92 Å². The van der Waals surface area contributed by atoms with Gasteiger partial charge >= 0.3 is 0 Å². The first kappa shape index (κ1) is 13.7. The van der Waals surface area contributed by atoms with Crippen molar-refractivity contribution in [2.75, 3.05) is 26.7 Å². The number of rotatable bonds is 3. The van der Waals surface area contributed by atoms with Crippen LogP contribution in [0.5, 0.6) is 0 Å². The molecule has 0 radical (unpaired) electrons. The van der Waals surface area contributed by atoms with Crippen LogP contribution in [0.1, 0.15) is 37.4 Å². The minimum Gasteiger partial charge on any atom is -0.321 e. The van der Waals surface area contributed by atoms with Crippen LogP contribution in [0.2, 0.25) is 0 Å². The SMILES string of the molecule is CN1CCCC(CN2C(=O)C3(CC3)NC2c2ccsc2)C1. The molecular formula is C16H23N3OS. The van der Waals surface area contributed by atoms with Crippen molar-refractivity contribution in [1.82, 2.24) is 15.1 Å². The van der Waals surface area contributed by atoms with Crippen molar-refractivity contribution in [1.29, 1.82) is 0 Å². The van der Waals surface area contributed by atoms with Gasteiger partial charge in [0.25, 0.3) is 0 Å². The van der Waals surface area contributed by atoms with Crippen LogP contribution < -0.4 is 5.32 Å². The standard InChI is InChI=1S/C16H23N3OS/c1-18-7-2-3-12(9-18)10-19-14(13-4-8-21-11-13)17-16(5-6-16)15(19)20/h4,8,11-12,14,17H,2-3,5-7,9-10H2,1H3. The summed E-state index contributed by atoms with van der Waals surface area (Å²) in [6.07, 6.45) is 4.61. The van der Waals surface area contributed by atoms with Gasteiger partial charge in [0.2, 0.25) is 5.91 Å². The highest BCUT2D eigenvalue weighted by atomic mass is 32.1. The molecule has 1 amide bonds. The zero-order chi connectivity index (χ0) is 14.4. The molecule has 0 aromatic carbocycles. The van der Waals surface area contributed by atoms with Crippen molar-refractivity contribution >= 4 is 17.2 Å². The average Bonchev–Trinajstić information content (AvgIpc) is 2.95. The summed E-state index contributed by atoms with van der Waals surface area (Å²) in [5.74, 6) is 0.955. The van der Waals surface area contributed by atoms with Crippen molar-refractivity contribution in [3.8, 4) is 0 Å². The molecule has 2 unspecified atom stereocenters. The van der Waals surface area contributed by atoms with Gasteiger partial charge in [-0.1, -0.05) is 0 Å². The maximum Gasteiger partial charge on any atom is 0.244 e. The number of amides is 1. The van der Waals surface area contributed by atoms with Crippen LogP contribution in [0.4, 0.5) is 0 Å². The van der Waals surface area contributed by atoms with Gasteiger partial charge in [-0.25, -0.2) is 0 Å². The molecule has 3 heterocycles. The molecule has 1 N–H and O–H groups in total. The van der Waals surface area contributed by atoms with Crippen molar-refractivity contribution in [3.63, 3.8) is 0 Å². The van der Waals surface area contributed by atoms with E-state index in [-0.39, 0.29) is 11.7 Å². The van der Waals surface area contributed by atoms with E-state index in [1.807, 2.05) is 0 Å². The van der Waals surface area contributed by atoms with Gasteiger partial charge in [0.15, 0.2) is 0 Å². The van der Waals surface area contributed by atoms with Crippen LogP contribution in [-0.2, 0) is 4.79 Å². The summed E-state index contributed by atoms with van der Waals surface area (Å²) in [6.45, 7) is 3.21. The lowest BCUT2D eigenvalue weighted by Gasteiger charge is -2.34. The maximum absolute atomic E-state index is 12.8. The topological polar surface area (TPSA) is 35.6 Å². The van der Waals surface area contributed by atoms with E-state index in [4.69, 9.17) is 0 Å². The lowest BCUT2D eigenvalue weighted by atomic mass is 9.97. The summed E-state index contributed by atoms with van der Waals surface area (Å²) in [4.78, 5) is 17.3. The summed E-state index contributed by atoms with van der Waals surface area (Å²) in [5, 5.41) is 7.89. The predicted molar refractivity (Wildman–Crippen MR) is 84.1 cm³/mol. The molecule has 114 valence electrons. The number of hydrogen-bond donors (Lipinski definition) is 1.